The fraction of sp³-hybridized carbons (Fsp3) is 0.231. The number of fused-ring (bicyclic) bond motifs is 1. The molecule has 0 aliphatic heterocycles. The molecule has 0 bridgehead atoms. The molecule has 0 radical (unpaired) electrons. The molecule has 4 aromatic rings. The monoisotopic (exact) mass is 445 g/mol. The number of aromatic nitrogens is 2. The van der Waals surface area contributed by atoms with Gasteiger partial charge in [0.2, 0.25) is 5.91 Å². The van der Waals surface area contributed by atoms with Gasteiger partial charge in [-0.2, -0.15) is 0 Å². The molecule has 1 N–H and O–H groups in total. The predicted octanol–water partition coefficient (Wildman–Crippen LogP) is 5.34. The minimum Gasteiger partial charge on any atom is -0.348 e. The van der Waals surface area contributed by atoms with E-state index in [4.69, 9.17) is 11.6 Å². The zero-order valence-corrected chi connectivity index (χ0v) is 18.5. The van der Waals surface area contributed by atoms with Gasteiger partial charge in [-0.1, -0.05) is 66.2 Å². The zero-order valence-electron chi connectivity index (χ0n) is 17.8. The Labute approximate surface area is 191 Å². The largest absolute Gasteiger partial charge is 0.348 e. The Kier molecular flexibility index (Phi) is 5.35. The van der Waals surface area contributed by atoms with Gasteiger partial charge in [-0.15, -0.1) is 0 Å². The van der Waals surface area contributed by atoms with Crippen LogP contribution in [0.15, 0.2) is 77.7 Å². The first kappa shape index (κ1) is 20.6. The highest BCUT2D eigenvalue weighted by Crippen LogP contribution is 2.37. The number of imidazole rings is 1. The first-order valence-corrected chi connectivity index (χ1v) is 11.2. The lowest BCUT2D eigenvalue weighted by Gasteiger charge is -2.16. The third kappa shape index (κ3) is 3.96. The van der Waals surface area contributed by atoms with Crippen molar-refractivity contribution in [1.29, 1.82) is 0 Å². The molecule has 0 saturated heterocycles. The van der Waals surface area contributed by atoms with Crippen LogP contribution in [0.4, 0.5) is 0 Å². The molecule has 1 fully saturated rings. The number of rotatable bonds is 6. The lowest BCUT2D eigenvalue weighted by Crippen LogP contribution is -2.34. The summed E-state index contributed by atoms with van der Waals surface area (Å²) < 4.78 is 3.32. The van der Waals surface area contributed by atoms with Crippen LogP contribution in [0.3, 0.4) is 0 Å². The maximum absolute atomic E-state index is 13.1. The maximum Gasteiger partial charge on any atom is 0.329 e. The van der Waals surface area contributed by atoms with Crippen molar-refractivity contribution < 1.29 is 4.79 Å². The summed E-state index contributed by atoms with van der Waals surface area (Å²) >= 11 is 6.03. The summed E-state index contributed by atoms with van der Waals surface area (Å²) in [5.41, 5.74) is 2.65. The van der Waals surface area contributed by atoms with Crippen LogP contribution >= 0.6 is 11.6 Å². The van der Waals surface area contributed by atoms with E-state index in [2.05, 4.69) is 23.5 Å². The van der Waals surface area contributed by atoms with Gasteiger partial charge in [0.25, 0.3) is 0 Å². The van der Waals surface area contributed by atoms with E-state index in [0.717, 1.165) is 40.4 Å². The summed E-state index contributed by atoms with van der Waals surface area (Å²) in [5.74, 6) is -0.192. The summed E-state index contributed by atoms with van der Waals surface area (Å²) in [7, 11) is 0. The fourth-order valence-electron chi connectivity index (χ4n) is 4.29. The Hall–Kier alpha value is -3.31. The summed E-state index contributed by atoms with van der Waals surface area (Å²) in [5, 5.41) is 5.96. The van der Waals surface area contributed by atoms with Crippen LogP contribution in [0.25, 0.3) is 22.0 Å². The van der Waals surface area contributed by atoms with E-state index in [0.29, 0.717) is 5.02 Å². The predicted molar refractivity (Wildman–Crippen MR) is 128 cm³/mol. The van der Waals surface area contributed by atoms with Crippen LogP contribution < -0.4 is 11.0 Å². The number of hydrogen-bond acceptors (Lipinski definition) is 2. The Morgan fingerprint density at radius 1 is 1.06 bits per heavy atom. The van der Waals surface area contributed by atoms with Gasteiger partial charge in [-0.05, 0) is 53.8 Å². The van der Waals surface area contributed by atoms with E-state index in [-0.39, 0.29) is 30.2 Å². The number of nitrogens with zero attached hydrogens (tertiary/aromatic N) is 2. The second kappa shape index (κ2) is 8.32. The molecular weight excluding hydrogens is 422 g/mol. The van der Waals surface area contributed by atoms with Crippen LogP contribution in [0, 0.1) is 0 Å². The van der Waals surface area contributed by atoms with Crippen molar-refractivity contribution in [3.8, 4) is 11.3 Å². The van der Waals surface area contributed by atoms with Gasteiger partial charge in [-0.3, -0.25) is 13.9 Å². The second-order valence-electron chi connectivity index (χ2n) is 8.39. The van der Waals surface area contributed by atoms with Crippen molar-refractivity contribution >= 4 is 28.3 Å². The number of carbonyl (C=O) groups is 1. The van der Waals surface area contributed by atoms with Crippen molar-refractivity contribution in [2.75, 3.05) is 0 Å². The van der Waals surface area contributed by atoms with Crippen LogP contribution in [0.2, 0.25) is 5.02 Å². The molecule has 162 valence electrons. The topological polar surface area (TPSA) is 56.0 Å². The van der Waals surface area contributed by atoms with E-state index in [1.54, 1.807) is 6.20 Å². The number of nitrogens with one attached hydrogen (secondary N) is 1. The standard InChI is InChI=1S/C26H24ClN3O2/c1-17(22-8-4-6-18-5-2-3-7-23(18)22)28-25(31)16-29-15-24(19-9-11-20(27)12-10-19)30(26(29)32)21-13-14-21/h2-12,15,17,21H,13-14,16H2,1H3,(H,28,31). The number of carbonyl (C=O) groups excluding carboxylic acids is 1. The molecule has 0 spiro atoms. The van der Waals surface area contributed by atoms with Crippen molar-refractivity contribution in [1.82, 2.24) is 14.5 Å². The molecular formula is C26H24ClN3O2. The van der Waals surface area contributed by atoms with Gasteiger partial charge in [-0.25, -0.2) is 4.79 Å². The lowest BCUT2D eigenvalue weighted by molar-refractivity contribution is -0.122. The average Bonchev–Trinajstić information content (AvgIpc) is 3.58. The maximum atomic E-state index is 13.1. The quantitative estimate of drug-likeness (QED) is 0.435. The number of halogens is 1. The highest BCUT2D eigenvalue weighted by atomic mass is 35.5. The highest BCUT2D eigenvalue weighted by molar-refractivity contribution is 6.30. The molecule has 1 atom stereocenters. The van der Waals surface area contributed by atoms with Crippen LogP contribution in [0.1, 0.15) is 37.4 Å². The highest BCUT2D eigenvalue weighted by Gasteiger charge is 2.29. The average molecular weight is 446 g/mol. The molecule has 1 aromatic heterocycles. The Bertz CT molecular complexity index is 1340. The van der Waals surface area contributed by atoms with E-state index in [9.17, 15) is 9.59 Å². The summed E-state index contributed by atoms with van der Waals surface area (Å²) in [6.07, 6.45) is 3.75. The molecule has 3 aromatic carbocycles. The van der Waals surface area contributed by atoms with Gasteiger partial charge < -0.3 is 5.32 Å². The van der Waals surface area contributed by atoms with Gasteiger partial charge >= 0.3 is 5.69 Å². The van der Waals surface area contributed by atoms with Crippen molar-refractivity contribution in [2.24, 2.45) is 0 Å². The van der Waals surface area contributed by atoms with Gasteiger partial charge in [0, 0.05) is 17.3 Å². The van der Waals surface area contributed by atoms with Crippen molar-refractivity contribution in [3.05, 3.63) is 94.0 Å². The number of hydrogen-bond donors (Lipinski definition) is 1. The molecule has 6 heteroatoms. The minimum atomic E-state index is -0.192. The third-order valence-corrected chi connectivity index (χ3v) is 6.27. The molecule has 1 heterocycles. The molecule has 1 aliphatic rings. The fourth-order valence-corrected chi connectivity index (χ4v) is 4.41. The van der Waals surface area contributed by atoms with E-state index in [1.165, 1.54) is 4.57 Å². The van der Waals surface area contributed by atoms with Crippen molar-refractivity contribution in [2.45, 2.75) is 38.4 Å². The molecule has 5 rings (SSSR count). The zero-order chi connectivity index (χ0) is 22.2. The smallest absolute Gasteiger partial charge is 0.329 e. The first-order valence-electron chi connectivity index (χ1n) is 10.9. The van der Waals surface area contributed by atoms with E-state index >= 15 is 0 Å². The normalized spacial score (nSPS) is 14.4. The third-order valence-electron chi connectivity index (χ3n) is 6.02. The lowest BCUT2D eigenvalue weighted by atomic mass is 10.00. The second-order valence-corrected chi connectivity index (χ2v) is 8.83. The Balaban J connectivity index is 1.39. The Morgan fingerprint density at radius 3 is 2.53 bits per heavy atom. The van der Waals surface area contributed by atoms with E-state index < -0.39 is 0 Å². The molecule has 32 heavy (non-hydrogen) atoms. The molecule has 5 nitrogen and oxygen atoms in total. The van der Waals surface area contributed by atoms with Crippen LogP contribution in [-0.2, 0) is 11.3 Å². The molecule has 1 saturated carbocycles. The van der Waals surface area contributed by atoms with Gasteiger partial charge in [0.1, 0.15) is 6.54 Å². The SMILES string of the molecule is CC(NC(=O)Cn1cc(-c2ccc(Cl)cc2)n(C2CC2)c1=O)c1cccc2ccccc12. The Morgan fingerprint density at radius 2 is 1.78 bits per heavy atom. The van der Waals surface area contributed by atoms with Gasteiger partial charge in [0.05, 0.1) is 11.7 Å². The van der Waals surface area contributed by atoms with Gasteiger partial charge in [0.15, 0.2) is 0 Å². The van der Waals surface area contributed by atoms with Crippen molar-refractivity contribution in [3.63, 3.8) is 0 Å². The molecule has 1 aliphatic carbocycles. The van der Waals surface area contributed by atoms with Crippen LogP contribution in [0.5, 0.6) is 0 Å². The summed E-state index contributed by atoms with van der Waals surface area (Å²) in [4.78, 5) is 26.0. The number of amides is 1. The minimum absolute atomic E-state index is 0.0196. The molecule has 1 amide bonds. The first-order chi connectivity index (χ1) is 15.5. The molecule has 1 unspecified atom stereocenters. The number of benzene rings is 3. The van der Waals surface area contributed by atoms with Crippen LogP contribution in [-0.4, -0.2) is 15.0 Å². The summed E-state index contributed by atoms with van der Waals surface area (Å²) in [6.45, 7) is 1.95. The van der Waals surface area contributed by atoms with E-state index in [1.807, 2.05) is 60.0 Å². The summed E-state index contributed by atoms with van der Waals surface area (Å²) in [6, 6.07) is 21.7.